The maximum Gasteiger partial charge on any atom is 0.321 e. The van der Waals surface area contributed by atoms with Gasteiger partial charge in [-0.3, -0.25) is 29.3 Å². The summed E-state index contributed by atoms with van der Waals surface area (Å²) in [5.74, 6) is 0. The van der Waals surface area contributed by atoms with Crippen molar-refractivity contribution in [2.45, 2.75) is 6.17 Å². The molecule has 1 atom stereocenters. The van der Waals surface area contributed by atoms with Crippen molar-refractivity contribution in [3.05, 3.63) is 0 Å². The van der Waals surface area contributed by atoms with Crippen molar-refractivity contribution in [3.8, 4) is 0 Å². The van der Waals surface area contributed by atoms with E-state index in [-0.39, 0.29) is 12.2 Å². The van der Waals surface area contributed by atoms with Crippen molar-refractivity contribution >= 4 is 12.4 Å². The maximum absolute atomic E-state index is 14.0. The van der Waals surface area contributed by atoms with E-state index in [4.69, 9.17) is 18.9 Å². The van der Waals surface area contributed by atoms with Crippen LogP contribution in [0.5, 0.6) is 0 Å². The summed E-state index contributed by atoms with van der Waals surface area (Å²) < 4.78 is 22.1. The van der Waals surface area contributed by atoms with Gasteiger partial charge in [0.15, 0.2) is 0 Å². The number of carbonyl (C=O) groups is 2. The van der Waals surface area contributed by atoms with E-state index in [2.05, 4.69) is 24.5 Å². The summed E-state index contributed by atoms with van der Waals surface area (Å²) in [6.45, 7) is 14.4. The topological polar surface area (TPSA) is 97.0 Å². The highest BCUT2D eigenvalue weighted by Crippen LogP contribution is 2.14. The second-order valence-electron chi connectivity index (χ2n) is 11.0. The fourth-order valence-corrected chi connectivity index (χ4v) is 5.54. The Morgan fingerprint density at radius 2 is 1.05 bits per heavy atom. The predicted molar refractivity (Wildman–Crippen MR) is 148 cm³/mol. The molecule has 4 aliphatic rings. The van der Waals surface area contributed by atoms with Gasteiger partial charge in [-0.1, -0.05) is 0 Å². The predicted octanol–water partition coefficient (Wildman–Crippen LogP) is -1.78. The third-order valence-electron chi connectivity index (χ3n) is 7.99. The number of rotatable bonds is 13. The zero-order valence-corrected chi connectivity index (χ0v) is 24.5. The summed E-state index contributed by atoms with van der Waals surface area (Å²) in [5.41, 5.74) is 0. The van der Waals surface area contributed by atoms with Crippen LogP contribution in [-0.4, -0.2) is 210 Å². The zero-order valence-electron chi connectivity index (χ0n) is 24.5. The molecule has 4 fully saturated rings. The van der Waals surface area contributed by atoms with Crippen LogP contribution in [0.2, 0.25) is 0 Å². The van der Waals surface area contributed by atoms with Gasteiger partial charge in [-0.25, -0.2) is 4.79 Å². The smallest absolute Gasteiger partial charge is 0.321 e. The van der Waals surface area contributed by atoms with Gasteiger partial charge in [0.1, 0.15) is 6.17 Å². The van der Waals surface area contributed by atoms with Crippen LogP contribution in [0.25, 0.3) is 0 Å². The Morgan fingerprint density at radius 3 is 1.50 bits per heavy atom. The molecule has 0 aromatic heterocycles. The van der Waals surface area contributed by atoms with Crippen LogP contribution in [-0.2, 0) is 23.7 Å². The first-order chi connectivity index (χ1) is 19.5. The molecule has 4 aliphatic heterocycles. The first kappa shape index (κ1) is 31.3. The molecule has 0 radical (unpaired) electrons. The number of amides is 3. The summed E-state index contributed by atoms with van der Waals surface area (Å²) in [7, 11) is 3.91. The highest BCUT2D eigenvalue weighted by atomic mass is 16.5. The van der Waals surface area contributed by atoms with E-state index in [1.54, 1.807) is 4.90 Å². The van der Waals surface area contributed by atoms with Crippen LogP contribution in [0, 0.1) is 0 Å². The summed E-state index contributed by atoms with van der Waals surface area (Å²) in [5, 5.41) is 0. The average molecular weight is 571 g/mol. The van der Waals surface area contributed by atoms with E-state index in [9.17, 15) is 9.59 Å². The molecule has 0 aliphatic carbocycles. The molecule has 0 saturated carbocycles. The Labute approximate surface area is 239 Å². The van der Waals surface area contributed by atoms with E-state index in [1.165, 1.54) is 0 Å². The quantitative estimate of drug-likeness (QED) is 0.186. The molecule has 0 unspecified atom stereocenters. The minimum atomic E-state index is -0.301. The second-order valence-corrected chi connectivity index (χ2v) is 11.0. The number of nitrogens with zero attached hydrogens (tertiary/aromatic N) is 8. The van der Waals surface area contributed by atoms with Crippen molar-refractivity contribution < 1.29 is 28.5 Å². The van der Waals surface area contributed by atoms with Crippen molar-refractivity contribution in [1.29, 1.82) is 0 Å². The Bertz CT molecular complexity index is 745. The molecule has 14 heteroatoms. The molecule has 0 N–H and O–H groups in total. The summed E-state index contributed by atoms with van der Waals surface area (Å²) in [4.78, 5) is 43.4. The van der Waals surface area contributed by atoms with E-state index in [0.29, 0.717) is 86.1 Å². The Kier molecular flexibility index (Phi) is 13.1. The average Bonchev–Trinajstić information content (AvgIpc) is 3.00. The van der Waals surface area contributed by atoms with Gasteiger partial charge < -0.3 is 33.6 Å². The van der Waals surface area contributed by atoms with E-state index >= 15 is 0 Å². The van der Waals surface area contributed by atoms with Gasteiger partial charge in [0.25, 0.3) is 0 Å². The largest absolute Gasteiger partial charge is 0.379 e. The van der Waals surface area contributed by atoms with Gasteiger partial charge >= 0.3 is 6.03 Å². The monoisotopic (exact) mass is 570 g/mol. The van der Waals surface area contributed by atoms with Gasteiger partial charge in [0, 0.05) is 59.4 Å². The molecule has 4 saturated heterocycles. The lowest BCUT2D eigenvalue weighted by atomic mass is 10.3. The number of urea groups is 1. The van der Waals surface area contributed by atoms with Gasteiger partial charge in [0.2, 0.25) is 6.41 Å². The molecule has 14 nitrogen and oxygen atoms in total. The van der Waals surface area contributed by atoms with E-state index in [1.807, 2.05) is 23.9 Å². The number of carbonyl (C=O) groups excluding carboxylic acids is 2. The first-order valence-corrected chi connectivity index (χ1v) is 14.6. The Morgan fingerprint density at radius 1 is 0.650 bits per heavy atom. The fraction of sp³-hybridized carbons (Fsp3) is 0.923. The Balaban J connectivity index is 1.50. The fourth-order valence-electron chi connectivity index (χ4n) is 5.54. The molecule has 0 spiro atoms. The van der Waals surface area contributed by atoms with Gasteiger partial charge in [-0.2, -0.15) is 0 Å². The summed E-state index contributed by atoms with van der Waals surface area (Å²) in [6, 6.07) is -0.0417. The van der Waals surface area contributed by atoms with Crippen molar-refractivity contribution in [3.63, 3.8) is 0 Å². The maximum atomic E-state index is 14.0. The molecule has 40 heavy (non-hydrogen) atoms. The molecular weight excluding hydrogens is 520 g/mol. The summed E-state index contributed by atoms with van der Waals surface area (Å²) >= 11 is 0. The molecule has 4 heterocycles. The van der Waals surface area contributed by atoms with E-state index < -0.39 is 0 Å². The van der Waals surface area contributed by atoms with Crippen LogP contribution in [0.15, 0.2) is 0 Å². The molecule has 0 aromatic rings. The van der Waals surface area contributed by atoms with Crippen molar-refractivity contribution in [1.82, 2.24) is 39.2 Å². The lowest BCUT2D eigenvalue weighted by Gasteiger charge is -2.44. The molecule has 3 amide bonds. The van der Waals surface area contributed by atoms with Crippen LogP contribution < -0.4 is 0 Å². The van der Waals surface area contributed by atoms with Gasteiger partial charge in [0.05, 0.1) is 86.1 Å². The molecular formula is C26H50N8O6. The Hall–Kier alpha value is -1.62. The van der Waals surface area contributed by atoms with Crippen molar-refractivity contribution in [2.24, 2.45) is 0 Å². The minimum absolute atomic E-state index is 0.0417. The second kappa shape index (κ2) is 16.7. The van der Waals surface area contributed by atoms with E-state index in [0.717, 1.165) is 58.8 Å². The van der Waals surface area contributed by atoms with Crippen LogP contribution in [0.3, 0.4) is 0 Å². The van der Waals surface area contributed by atoms with Crippen molar-refractivity contribution in [2.75, 3.05) is 153 Å². The van der Waals surface area contributed by atoms with Crippen LogP contribution >= 0.6 is 0 Å². The molecule has 4 rings (SSSR count). The third-order valence-corrected chi connectivity index (χ3v) is 7.99. The molecule has 0 bridgehead atoms. The highest BCUT2D eigenvalue weighted by molar-refractivity contribution is 5.74. The highest BCUT2D eigenvalue weighted by Gasteiger charge is 2.32. The van der Waals surface area contributed by atoms with Gasteiger partial charge in [-0.15, -0.1) is 0 Å². The molecule has 230 valence electrons. The minimum Gasteiger partial charge on any atom is -0.379 e. The normalized spacial score (nSPS) is 23.2. The van der Waals surface area contributed by atoms with Crippen LogP contribution in [0.1, 0.15) is 0 Å². The third kappa shape index (κ3) is 9.74. The SMILES string of the molecule is CN(CN1CCOCC1)C(=O)N(C[C@H](N(C)CN1CCOCC1)N(C=O)CN1CCOCC1)CN1CCOCC1. The standard InChI is InChI=1S/C26H50N8O6/c1-27(20-29-3-11-37-12-4-29)25(34(24-35)23-32-9-17-40-18-10-32)19-33(22-31-7-15-39-16-8-31)26(36)28(2)21-30-5-13-38-14-6-30/h24-25H,3-23H2,1-2H3/t25-/m1/s1. The number of likely N-dealkylation sites (N-methyl/N-ethyl adjacent to an activating group) is 1. The zero-order chi connectivity index (χ0) is 28.2. The molecule has 0 aromatic carbocycles. The number of hydrogen-bond donors (Lipinski definition) is 0. The lowest BCUT2D eigenvalue weighted by molar-refractivity contribution is -0.131. The first-order valence-electron chi connectivity index (χ1n) is 14.6. The number of hydrogen-bond acceptors (Lipinski definition) is 11. The number of ether oxygens (including phenoxy) is 4. The lowest BCUT2D eigenvalue weighted by Crippen LogP contribution is -2.61. The summed E-state index contributed by atoms with van der Waals surface area (Å²) in [6.07, 6.45) is 0.634. The number of morpholine rings is 4. The van der Waals surface area contributed by atoms with Crippen LogP contribution in [0.4, 0.5) is 4.79 Å². The van der Waals surface area contributed by atoms with Gasteiger partial charge in [-0.05, 0) is 7.05 Å².